The van der Waals surface area contributed by atoms with Gasteiger partial charge in [0.2, 0.25) is 5.13 Å². The third kappa shape index (κ3) is 5.35. The van der Waals surface area contributed by atoms with Gasteiger partial charge in [-0.25, -0.2) is 4.68 Å². The van der Waals surface area contributed by atoms with Gasteiger partial charge < -0.3 is 5.32 Å². The first-order valence-electron chi connectivity index (χ1n) is 9.69. The second kappa shape index (κ2) is 8.48. The van der Waals surface area contributed by atoms with Crippen molar-refractivity contribution in [1.29, 1.82) is 0 Å². The summed E-state index contributed by atoms with van der Waals surface area (Å²) in [4.78, 5) is 14.7. The highest BCUT2D eigenvalue weighted by Gasteiger charge is 2.23. The van der Waals surface area contributed by atoms with Gasteiger partial charge in [0.15, 0.2) is 0 Å². The minimum Gasteiger partial charge on any atom is -0.359 e. The van der Waals surface area contributed by atoms with Crippen LogP contribution in [0.5, 0.6) is 0 Å². The summed E-state index contributed by atoms with van der Waals surface area (Å²) >= 11 is 1.59. The Hall–Kier alpha value is -1.80. The summed E-state index contributed by atoms with van der Waals surface area (Å²) in [6.07, 6.45) is 3.61. The topological polar surface area (TPSA) is 75.9 Å². The summed E-state index contributed by atoms with van der Waals surface area (Å²) in [5, 5.41) is 18.1. The number of hydrogen-bond acceptors (Lipinski definition) is 7. The highest BCUT2D eigenvalue weighted by atomic mass is 32.1. The maximum atomic E-state index is 12.2. The fourth-order valence-corrected chi connectivity index (χ4v) is 3.99. The molecule has 1 aliphatic rings. The molecule has 8 heteroatoms. The van der Waals surface area contributed by atoms with Gasteiger partial charge in [-0.05, 0) is 32.4 Å². The van der Waals surface area contributed by atoms with Gasteiger partial charge in [-0.2, -0.15) is 5.10 Å². The van der Waals surface area contributed by atoms with Crippen LogP contribution >= 0.6 is 11.3 Å². The van der Waals surface area contributed by atoms with E-state index < -0.39 is 0 Å². The molecule has 27 heavy (non-hydrogen) atoms. The second-order valence-corrected chi connectivity index (χ2v) is 9.40. The summed E-state index contributed by atoms with van der Waals surface area (Å²) in [6.45, 7) is 11.7. The van der Waals surface area contributed by atoms with E-state index in [0.717, 1.165) is 41.9 Å². The van der Waals surface area contributed by atoms with Crippen molar-refractivity contribution in [3.05, 3.63) is 33.2 Å². The molecule has 0 amide bonds. The zero-order chi connectivity index (χ0) is 19.4. The van der Waals surface area contributed by atoms with Crippen LogP contribution in [0.1, 0.15) is 50.7 Å². The average Bonchev–Trinajstić information content (AvgIpc) is 3.04. The third-order valence-electron chi connectivity index (χ3n) is 5.00. The molecule has 2 aromatic rings. The Bertz CT molecular complexity index is 809. The van der Waals surface area contributed by atoms with E-state index in [0.29, 0.717) is 12.6 Å². The summed E-state index contributed by atoms with van der Waals surface area (Å²) in [7, 11) is 0. The molecule has 0 radical (unpaired) electrons. The number of aromatic nitrogens is 4. The van der Waals surface area contributed by atoms with E-state index in [1.54, 1.807) is 22.1 Å². The second-order valence-electron chi connectivity index (χ2n) is 8.22. The molecule has 0 aliphatic carbocycles. The molecule has 0 aromatic carbocycles. The third-order valence-corrected chi connectivity index (χ3v) is 5.79. The number of piperidine rings is 1. The molecule has 0 spiro atoms. The number of nitrogens with one attached hydrogen (secondary N) is 1. The number of hydrogen-bond donors (Lipinski definition) is 1. The Kier molecular flexibility index (Phi) is 6.26. The van der Waals surface area contributed by atoms with Gasteiger partial charge in [-0.15, -0.1) is 10.2 Å². The molecule has 1 unspecified atom stereocenters. The Balaban J connectivity index is 1.62. The molecule has 1 saturated heterocycles. The number of aryl methyl sites for hydroxylation is 1. The molecule has 0 bridgehead atoms. The van der Waals surface area contributed by atoms with E-state index in [4.69, 9.17) is 0 Å². The molecule has 0 saturated carbocycles. The van der Waals surface area contributed by atoms with Crippen LogP contribution in [-0.2, 0) is 12.0 Å². The van der Waals surface area contributed by atoms with E-state index in [9.17, 15) is 4.79 Å². The maximum absolute atomic E-state index is 12.2. The van der Waals surface area contributed by atoms with E-state index >= 15 is 0 Å². The molecule has 2 aromatic heterocycles. The molecule has 1 fully saturated rings. The average molecular weight is 391 g/mol. The van der Waals surface area contributed by atoms with Crippen molar-refractivity contribution in [2.24, 2.45) is 0 Å². The van der Waals surface area contributed by atoms with Crippen LogP contribution in [0.2, 0.25) is 0 Å². The minimum absolute atomic E-state index is 0.0287. The lowest BCUT2D eigenvalue weighted by molar-refractivity contribution is 0.147. The van der Waals surface area contributed by atoms with Crippen molar-refractivity contribution in [1.82, 2.24) is 24.9 Å². The maximum Gasteiger partial charge on any atom is 0.266 e. The fraction of sp³-hybridized carbons (Fsp3) is 0.684. The van der Waals surface area contributed by atoms with Gasteiger partial charge >= 0.3 is 0 Å². The van der Waals surface area contributed by atoms with Gasteiger partial charge in [0.05, 0.1) is 12.2 Å². The van der Waals surface area contributed by atoms with E-state index in [2.05, 4.69) is 46.3 Å². The zero-order valence-corrected chi connectivity index (χ0v) is 17.6. The van der Waals surface area contributed by atoms with Crippen molar-refractivity contribution < 1.29 is 0 Å². The van der Waals surface area contributed by atoms with Crippen LogP contribution in [0.15, 0.2) is 16.9 Å². The molecular formula is C19H30N6OS. The van der Waals surface area contributed by atoms with Gasteiger partial charge in [-0.1, -0.05) is 38.5 Å². The Morgan fingerprint density at radius 2 is 2.04 bits per heavy atom. The standard InChI is InChI=1S/C19H30N6OS/c1-14-21-22-18(27-14)20-13-15-7-5-6-10-24(15)11-12-25-17(26)9-8-16(23-25)19(2,3)4/h8-9,15H,5-7,10-13H2,1-4H3,(H,20,22). The minimum atomic E-state index is -0.0626. The van der Waals surface area contributed by atoms with Crippen molar-refractivity contribution in [2.45, 2.75) is 65.0 Å². The quantitative estimate of drug-likeness (QED) is 0.817. The van der Waals surface area contributed by atoms with Crippen LogP contribution in [0.3, 0.4) is 0 Å². The van der Waals surface area contributed by atoms with Gasteiger partial charge in [-0.3, -0.25) is 9.69 Å². The molecule has 3 rings (SSSR count). The van der Waals surface area contributed by atoms with Crippen LogP contribution in [0.25, 0.3) is 0 Å². The lowest BCUT2D eigenvalue weighted by Crippen LogP contribution is -2.45. The molecular weight excluding hydrogens is 360 g/mol. The molecule has 1 aliphatic heterocycles. The first-order chi connectivity index (χ1) is 12.8. The fourth-order valence-electron chi connectivity index (χ4n) is 3.39. The number of nitrogens with zero attached hydrogens (tertiary/aromatic N) is 5. The molecule has 1 atom stereocenters. The SMILES string of the molecule is Cc1nnc(NCC2CCCCN2CCn2nc(C(C)(C)C)ccc2=O)s1. The monoisotopic (exact) mass is 390 g/mol. The Morgan fingerprint density at radius 1 is 1.22 bits per heavy atom. The van der Waals surface area contributed by atoms with Crippen molar-refractivity contribution in [3.63, 3.8) is 0 Å². The Morgan fingerprint density at radius 3 is 2.74 bits per heavy atom. The first kappa shape index (κ1) is 19.9. The first-order valence-corrected chi connectivity index (χ1v) is 10.5. The van der Waals surface area contributed by atoms with Crippen molar-refractivity contribution in [3.8, 4) is 0 Å². The van der Waals surface area contributed by atoms with Crippen LogP contribution in [-0.4, -0.2) is 50.6 Å². The molecule has 3 heterocycles. The smallest absolute Gasteiger partial charge is 0.266 e. The zero-order valence-electron chi connectivity index (χ0n) is 16.7. The van der Waals surface area contributed by atoms with Crippen LogP contribution < -0.4 is 10.9 Å². The van der Waals surface area contributed by atoms with E-state index in [1.807, 2.05) is 13.0 Å². The van der Waals surface area contributed by atoms with Crippen LogP contribution in [0.4, 0.5) is 5.13 Å². The molecule has 1 N–H and O–H groups in total. The molecule has 148 valence electrons. The largest absolute Gasteiger partial charge is 0.359 e. The predicted octanol–water partition coefficient (Wildman–Crippen LogP) is 2.67. The number of rotatable bonds is 6. The van der Waals surface area contributed by atoms with Gasteiger partial charge in [0.1, 0.15) is 5.01 Å². The summed E-state index contributed by atoms with van der Waals surface area (Å²) in [5.74, 6) is 0. The molecule has 7 nitrogen and oxygen atoms in total. The summed E-state index contributed by atoms with van der Waals surface area (Å²) in [5.41, 5.74) is 0.858. The van der Waals surface area contributed by atoms with Gasteiger partial charge in [0.25, 0.3) is 5.56 Å². The van der Waals surface area contributed by atoms with Crippen LogP contribution in [0, 0.1) is 6.92 Å². The lowest BCUT2D eigenvalue weighted by atomic mass is 9.92. The number of anilines is 1. The highest BCUT2D eigenvalue weighted by molar-refractivity contribution is 7.15. The van der Waals surface area contributed by atoms with Gasteiger partial charge in [0, 0.05) is 30.6 Å². The predicted molar refractivity (Wildman–Crippen MR) is 110 cm³/mol. The van der Waals surface area contributed by atoms with E-state index in [1.165, 1.54) is 12.8 Å². The number of likely N-dealkylation sites (tertiary alicyclic amines) is 1. The summed E-state index contributed by atoms with van der Waals surface area (Å²) < 4.78 is 1.62. The summed E-state index contributed by atoms with van der Waals surface area (Å²) in [6, 6.07) is 3.93. The van der Waals surface area contributed by atoms with Crippen molar-refractivity contribution >= 4 is 16.5 Å². The lowest BCUT2D eigenvalue weighted by Gasteiger charge is -2.35. The Labute approximate surface area is 164 Å². The normalized spacial score (nSPS) is 18.6. The highest BCUT2D eigenvalue weighted by Crippen LogP contribution is 2.20. The van der Waals surface area contributed by atoms with Crippen molar-refractivity contribution in [2.75, 3.05) is 25.0 Å². The van der Waals surface area contributed by atoms with E-state index in [-0.39, 0.29) is 11.0 Å².